The van der Waals surface area contributed by atoms with Gasteiger partial charge in [-0.2, -0.15) is 0 Å². The minimum Gasteiger partial charge on any atom is -0.390 e. The van der Waals surface area contributed by atoms with Crippen molar-refractivity contribution in [3.63, 3.8) is 0 Å². The number of aldehydes is 1. The first-order valence-corrected chi connectivity index (χ1v) is 9.67. The topological polar surface area (TPSA) is 47.2 Å². The van der Waals surface area contributed by atoms with Gasteiger partial charge in [-0.15, -0.1) is 22.7 Å². The Bertz CT molecular complexity index is 958. The van der Waals surface area contributed by atoms with E-state index in [0.717, 1.165) is 30.8 Å². The molecule has 126 valence electrons. The maximum absolute atomic E-state index is 10.6. The van der Waals surface area contributed by atoms with Crippen molar-refractivity contribution in [3.8, 4) is 0 Å². The lowest BCUT2D eigenvalue weighted by atomic mass is 10.4. The third-order valence-electron chi connectivity index (χ3n) is 4.04. The Morgan fingerprint density at radius 2 is 1.58 bits per heavy atom. The minimum atomic E-state index is 0.134. The minimum absolute atomic E-state index is 0.134. The monoisotopic (exact) mass is 360 g/mol. The summed E-state index contributed by atoms with van der Waals surface area (Å²) in [5, 5.41) is 15.6. The molecule has 4 aromatic heterocycles. The number of hydrogen-bond donors (Lipinski definition) is 1. The van der Waals surface area contributed by atoms with Crippen LogP contribution in [0.3, 0.4) is 0 Å². The second-order valence-electron chi connectivity index (χ2n) is 5.33. The molecule has 4 aromatic rings. The number of carbonyl (C=O) groups excluding carboxylic acids is 1. The highest BCUT2D eigenvalue weighted by Crippen LogP contribution is 2.25. The van der Waals surface area contributed by atoms with Gasteiger partial charge >= 0.3 is 0 Å². The highest BCUT2D eigenvalue weighted by Gasteiger charge is 2.07. The molecule has 6 heteroatoms. The Morgan fingerprint density at radius 1 is 1.00 bits per heavy atom. The van der Waals surface area contributed by atoms with Crippen molar-refractivity contribution in [1.82, 2.24) is 9.13 Å². The quantitative estimate of drug-likeness (QED) is 0.534. The van der Waals surface area contributed by atoms with Gasteiger partial charge in [-0.25, -0.2) is 0 Å². The first kappa shape index (κ1) is 17.0. The summed E-state index contributed by atoms with van der Waals surface area (Å²) in [7, 11) is 0. The van der Waals surface area contributed by atoms with E-state index in [1.54, 1.807) is 22.7 Å². The SMILES string of the molecule is CCn1c(C=O)cc2ccsc21.CCn1c(CO)cc2ccsc21. The highest BCUT2D eigenvalue weighted by atomic mass is 32.1. The third-order valence-corrected chi connectivity index (χ3v) is 5.94. The molecule has 0 saturated heterocycles. The maximum atomic E-state index is 10.6. The van der Waals surface area contributed by atoms with Crippen LogP contribution in [0.25, 0.3) is 20.4 Å². The molecule has 0 fully saturated rings. The third kappa shape index (κ3) is 2.92. The number of aromatic nitrogens is 2. The van der Waals surface area contributed by atoms with Gasteiger partial charge in [0.15, 0.2) is 6.29 Å². The number of fused-ring (bicyclic) bond motifs is 2. The van der Waals surface area contributed by atoms with Crippen LogP contribution in [-0.4, -0.2) is 20.5 Å². The summed E-state index contributed by atoms with van der Waals surface area (Å²) in [6, 6.07) is 8.11. The predicted octanol–water partition coefficient (Wildman–Crippen LogP) is 4.75. The molecule has 0 aromatic carbocycles. The van der Waals surface area contributed by atoms with E-state index in [4.69, 9.17) is 5.11 Å². The normalized spacial score (nSPS) is 11.0. The Labute approximate surface area is 148 Å². The average molecular weight is 361 g/mol. The predicted molar refractivity (Wildman–Crippen MR) is 102 cm³/mol. The van der Waals surface area contributed by atoms with Crippen LogP contribution >= 0.6 is 22.7 Å². The van der Waals surface area contributed by atoms with Gasteiger partial charge in [0.05, 0.1) is 12.3 Å². The van der Waals surface area contributed by atoms with Gasteiger partial charge in [0, 0.05) is 29.6 Å². The molecule has 4 heterocycles. The molecular weight excluding hydrogens is 340 g/mol. The first-order valence-electron chi connectivity index (χ1n) is 7.91. The summed E-state index contributed by atoms with van der Waals surface area (Å²) in [6.07, 6.45) is 0.913. The Balaban J connectivity index is 0.000000141. The van der Waals surface area contributed by atoms with E-state index >= 15 is 0 Å². The fourth-order valence-corrected chi connectivity index (χ4v) is 4.87. The maximum Gasteiger partial charge on any atom is 0.166 e. The van der Waals surface area contributed by atoms with Crippen molar-refractivity contribution in [1.29, 1.82) is 0 Å². The molecule has 0 aliphatic carbocycles. The smallest absolute Gasteiger partial charge is 0.166 e. The first-order chi connectivity index (χ1) is 11.7. The van der Waals surface area contributed by atoms with Crippen LogP contribution in [0.2, 0.25) is 0 Å². The van der Waals surface area contributed by atoms with Crippen LogP contribution in [0, 0.1) is 0 Å². The second-order valence-corrected chi connectivity index (χ2v) is 7.12. The molecule has 24 heavy (non-hydrogen) atoms. The van der Waals surface area contributed by atoms with Crippen LogP contribution in [-0.2, 0) is 19.7 Å². The zero-order valence-electron chi connectivity index (χ0n) is 13.7. The highest BCUT2D eigenvalue weighted by molar-refractivity contribution is 7.17. The lowest BCUT2D eigenvalue weighted by molar-refractivity contribution is 0.111. The van der Waals surface area contributed by atoms with E-state index in [0.29, 0.717) is 0 Å². The van der Waals surface area contributed by atoms with Gasteiger partial charge in [-0.1, -0.05) is 0 Å². The summed E-state index contributed by atoms with van der Waals surface area (Å²) >= 11 is 3.41. The van der Waals surface area contributed by atoms with Gasteiger partial charge < -0.3 is 14.2 Å². The van der Waals surface area contributed by atoms with Crippen LogP contribution in [0.15, 0.2) is 35.0 Å². The zero-order chi connectivity index (χ0) is 17.1. The fraction of sp³-hybridized carbons (Fsp3) is 0.278. The van der Waals surface area contributed by atoms with Crippen LogP contribution in [0.4, 0.5) is 0 Å². The Kier molecular flexibility index (Phi) is 5.18. The molecule has 0 saturated carbocycles. The Morgan fingerprint density at radius 3 is 2.12 bits per heavy atom. The molecule has 0 amide bonds. The van der Waals surface area contributed by atoms with Gasteiger partial charge in [-0.3, -0.25) is 4.79 Å². The number of aliphatic hydroxyl groups excluding tert-OH is 1. The molecule has 0 radical (unpaired) electrons. The number of carbonyl (C=O) groups is 1. The van der Waals surface area contributed by atoms with E-state index in [1.165, 1.54) is 20.4 Å². The van der Waals surface area contributed by atoms with Crippen molar-refractivity contribution in [3.05, 3.63) is 46.4 Å². The second kappa shape index (κ2) is 7.34. The fourth-order valence-electron chi connectivity index (χ4n) is 2.92. The summed E-state index contributed by atoms with van der Waals surface area (Å²) in [6.45, 7) is 6.07. The summed E-state index contributed by atoms with van der Waals surface area (Å²) in [5.74, 6) is 0. The molecular formula is C18H20N2O2S2. The van der Waals surface area contributed by atoms with Crippen molar-refractivity contribution >= 4 is 49.4 Å². The number of hydrogen-bond acceptors (Lipinski definition) is 4. The number of rotatable bonds is 4. The zero-order valence-corrected chi connectivity index (χ0v) is 15.4. The van der Waals surface area contributed by atoms with Crippen molar-refractivity contribution in [2.24, 2.45) is 0 Å². The summed E-state index contributed by atoms with van der Waals surface area (Å²) in [5.41, 5.74) is 1.79. The van der Waals surface area contributed by atoms with Crippen LogP contribution < -0.4 is 0 Å². The van der Waals surface area contributed by atoms with E-state index in [9.17, 15) is 4.79 Å². The van der Waals surface area contributed by atoms with E-state index in [-0.39, 0.29) is 6.61 Å². The molecule has 0 aliphatic heterocycles. The van der Waals surface area contributed by atoms with E-state index in [1.807, 2.05) is 29.0 Å². The van der Waals surface area contributed by atoms with E-state index in [2.05, 4.69) is 29.0 Å². The van der Waals surface area contributed by atoms with Crippen molar-refractivity contribution in [2.75, 3.05) is 0 Å². The molecule has 0 aliphatic rings. The van der Waals surface area contributed by atoms with Gasteiger partial charge in [-0.05, 0) is 48.9 Å². The lowest BCUT2D eigenvalue weighted by Gasteiger charge is -2.02. The molecule has 0 bridgehead atoms. The molecule has 0 unspecified atom stereocenters. The van der Waals surface area contributed by atoms with Gasteiger partial charge in [0.25, 0.3) is 0 Å². The van der Waals surface area contributed by atoms with Crippen LogP contribution in [0.1, 0.15) is 30.0 Å². The number of nitrogens with zero attached hydrogens (tertiary/aromatic N) is 2. The van der Waals surface area contributed by atoms with Crippen molar-refractivity contribution in [2.45, 2.75) is 33.5 Å². The molecule has 1 N–H and O–H groups in total. The number of aryl methyl sites for hydroxylation is 2. The molecule has 4 nitrogen and oxygen atoms in total. The van der Waals surface area contributed by atoms with Gasteiger partial charge in [0.2, 0.25) is 0 Å². The average Bonchev–Trinajstić information content (AvgIpc) is 3.33. The largest absolute Gasteiger partial charge is 0.390 e. The molecule has 0 atom stereocenters. The van der Waals surface area contributed by atoms with Gasteiger partial charge in [0.1, 0.15) is 9.66 Å². The van der Waals surface area contributed by atoms with Crippen molar-refractivity contribution < 1.29 is 9.90 Å². The Hall–Kier alpha value is -1.89. The summed E-state index contributed by atoms with van der Waals surface area (Å²) < 4.78 is 4.19. The van der Waals surface area contributed by atoms with E-state index < -0.39 is 0 Å². The number of aliphatic hydroxyl groups is 1. The van der Waals surface area contributed by atoms with Crippen LogP contribution in [0.5, 0.6) is 0 Å². The lowest BCUT2D eigenvalue weighted by Crippen LogP contribution is -1.98. The standard InChI is InChI=1S/C9H11NOS.C9H9NOS/c2*1-2-10-8(6-11)5-7-3-4-12-9(7)10/h3-5,11H,2,6H2,1H3;3-6H,2H2,1H3. The molecule has 4 rings (SSSR count). The summed E-state index contributed by atoms with van der Waals surface area (Å²) in [4.78, 5) is 13.1. The number of thiophene rings is 2. The molecule has 0 spiro atoms.